The second-order valence-corrected chi connectivity index (χ2v) is 6.16. The molecule has 26 heavy (non-hydrogen) atoms. The Morgan fingerprint density at radius 1 is 0.923 bits per heavy atom. The number of carbonyl (C=O) groups excluding carboxylic acids is 4. The van der Waals surface area contributed by atoms with Crippen LogP contribution in [0.4, 0.5) is 0 Å². The van der Waals surface area contributed by atoms with Gasteiger partial charge in [0.1, 0.15) is 6.54 Å². The maximum atomic E-state index is 12.3. The molecule has 1 unspecified atom stereocenters. The third-order valence-electron chi connectivity index (χ3n) is 4.29. The second-order valence-electron chi connectivity index (χ2n) is 6.16. The molecule has 0 aliphatic carbocycles. The van der Waals surface area contributed by atoms with E-state index < -0.39 is 30.3 Å². The molecule has 0 spiro atoms. The molecule has 2 aromatic rings. The van der Waals surface area contributed by atoms with Crippen LogP contribution in [0, 0.1) is 0 Å². The number of hydrogen-bond acceptors (Lipinski definition) is 4. The molecule has 1 aliphatic heterocycles. The lowest BCUT2D eigenvalue weighted by Crippen LogP contribution is -2.47. The predicted molar refractivity (Wildman–Crippen MR) is 94.6 cm³/mol. The van der Waals surface area contributed by atoms with Gasteiger partial charge in [0.15, 0.2) is 5.78 Å². The van der Waals surface area contributed by atoms with Crippen LogP contribution in [0.2, 0.25) is 0 Å². The Morgan fingerprint density at radius 3 is 2.00 bits per heavy atom. The average molecular weight is 350 g/mol. The highest BCUT2D eigenvalue weighted by Gasteiger charge is 2.36. The van der Waals surface area contributed by atoms with E-state index in [1.54, 1.807) is 24.3 Å². The van der Waals surface area contributed by atoms with Crippen molar-refractivity contribution in [3.63, 3.8) is 0 Å². The van der Waals surface area contributed by atoms with E-state index in [0.29, 0.717) is 6.42 Å². The minimum atomic E-state index is -0.708. The molecule has 0 saturated heterocycles. The molecule has 2 aromatic carbocycles. The maximum Gasteiger partial charge on any atom is 0.262 e. The normalized spacial score (nSPS) is 14.1. The summed E-state index contributed by atoms with van der Waals surface area (Å²) in [5, 5.41) is 2.63. The lowest BCUT2D eigenvalue weighted by Gasteiger charge is -2.19. The molecular weight excluding hydrogens is 332 g/mol. The first-order valence-corrected chi connectivity index (χ1v) is 8.26. The molecule has 0 radical (unpaired) electrons. The first-order valence-electron chi connectivity index (χ1n) is 8.26. The number of benzene rings is 2. The molecule has 6 nitrogen and oxygen atoms in total. The number of ketones is 1. The van der Waals surface area contributed by atoms with Gasteiger partial charge in [-0.2, -0.15) is 0 Å². The third-order valence-corrected chi connectivity index (χ3v) is 4.29. The number of amides is 3. The van der Waals surface area contributed by atoms with E-state index in [1.165, 1.54) is 6.92 Å². The Bertz CT molecular complexity index is 841. The largest absolute Gasteiger partial charge is 0.344 e. The molecule has 6 heteroatoms. The van der Waals surface area contributed by atoms with Crippen LogP contribution in [0.15, 0.2) is 54.6 Å². The number of hydrogen-bond donors (Lipinski definition) is 1. The van der Waals surface area contributed by atoms with Gasteiger partial charge < -0.3 is 5.32 Å². The van der Waals surface area contributed by atoms with Gasteiger partial charge in [0.25, 0.3) is 11.8 Å². The molecule has 0 fully saturated rings. The van der Waals surface area contributed by atoms with Gasteiger partial charge in [-0.15, -0.1) is 0 Å². The number of rotatable bonds is 6. The van der Waals surface area contributed by atoms with E-state index >= 15 is 0 Å². The molecule has 0 bridgehead atoms. The van der Waals surface area contributed by atoms with Crippen molar-refractivity contribution < 1.29 is 19.2 Å². The summed E-state index contributed by atoms with van der Waals surface area (Å²) in [7, 11) is 0. The van der Waals surface area contributed by atoms with Gasteiger partial charge in [0.05, 0.1) is 17.2 Å². The van der Waals surface area contributed by atoms with Crippen molar-refractivity contribution in [3.05, 3.63) is 71.3 Å². The fraction of sp³-hybridized carbons (Fsp3) is 0.200. The van der Waals surface area contributed by atoms with E-state index in [-0.39, 0.29) is 16.9 Å². The first-order chi connectivity index (χ1) is 12.5. The summed E-state index contributed by atoms with van der Waals surface area (Å²) in [5.41, 5.74) is 1.49. The minimum absolute atomic E-state index is 0.190. The molecule has 3 amide bonds. The Morgan fingerprint density at radius 2 is 1.46 bits per heavy atom. The summed E-state index contributed by atoms with van der Waals surface area (Å²) < 4.78 is 0. The molecule has 1 aliphatic rings. The van der Waals surface area contributed by atoms with Crippen LogP contribution in [0.3, 0.4) is 0 Å². The fourth-order valence-electron chi connectivity index (χ4n) is 2.91. The van der Waals surface area contributed by atoms with Crippen molar-refractivity contribution >= 4 is 23.5 Å². The van der Waals surface area contributed by atoms with Crippen LogP contribution in [0.5, 0.6) is 0 Å². The van der Waals surface area contributed by atoms with Crippen molar-refractivity contribution in [2.45, 2.75) is 19.4 Å². The van der Waals surface area contributed by atoms with Gasteiger partial charge in [-0.05, 0) is 31.0 Å². The summed E-state index contributed by atoms with van der Waals surface area (Å²) in [6.07, 6.45) is 0.351. The van der Waals surface area contributed by atoms with E-state index in [9.17, 15) is 19.2 Å². The second kappa shape index (κ2) is 7.31. The third kappa shape index (κ3) is 3.54. The van der Waals surface area contributed by atoms with Crippen LogP contribution < -0.4 is 5.32 Å². The summed E-state index contributed by atoms with van der Waals surface area (Å²) in [4.78, 5) is 49.7. The Hall–Kier alpha value is -3.28. The van der Waals surface area contributed by atoms with Crippen LogP contribution in [0.25, 0.3) is 0 Å². The van der Waals surface area contributed by atoms with Crippen molar-refractivity contribution in [3.8, 4) is 0 Å². The molecule has 3 rings (SSSR count). The first kappa shape index (κ1) is 17.5. The molecule has 1 heterocycles. The minimum Gasteiger partial charge on any atom is -0.344 e. The lowest BCUT2D eigenvalue weighted by molar-refractivity contribution is -0.127. The SMILES string of the molecule is CC(=O)C(Cc1ccccc1)NC(=O)CN1C(=O)c2ccccc2C1=O. The van der Waals surface area contributed by atoms with E-state index in [4.69, 9.17) is 0 Å². The van der Waals surface area contributed by atoms with Crippen molar-refractivity contribution in [2.24, 2.45) is 0 Å². The van der Waals surface area contributed by atoms with Crippen LogP contribution in [-0.2, 0) is 16.0 Å². The fourth-order valence-corrected chi connectivity index (χ4v) is 2.91. The summed E-state index contributed by atoms with van der Waals surface area (Å²) in [6, 6.07) is 15.0. The molecule has 1 N–H and O–H groups in total. The Kier molecular flexibility index (Phi) is 4.93. The van der Waals surface area contributed by atoms with Gasteiger partial charge in [-0.25, -0.2) is 0 Å². The Balaban J connectivity index is 1.67. The van der Waals surface area contributed by atoms with Gasteiger partial charge >= 0.3 is 0 Å². The highest BCUT2D eigenvalue weighted by molar-refractivity contribution is 6.22. The number of imide groups is 1. The lowest BCUT2D eigenvalue weighted by atomic mass is 10.0. The number of fused-ring (bicyclic) bond motifs is 1. The predicted octanol–water partition coefficient (Wildman–Crippen LogP) is 1.60. The van der Waals surface area contributed by atoms with Crippen LogP contribution >= 0.6 is 0 Å². The number of nitrogens with zero attached hydrogens (tertiary/aromatic N) is 1. The average Bonchev–Trinajstić information content (AvgIpc) is 2.87. The summed E-state index contributed by atoms with van der Waals surface area (Å²) >= 11 is 0. The van der Waals surface area contributed by atoms with E-state index in [2.05, 4.69) is 5.32 Å². The van der Waals surface area contributed by atoms with Gasteiger partial charge in [0.2, 0.25) is 5.91 Å². The van der Waals surface area contributed by atoms with Gasteiger partial charge in [-0.1, -0.05) is 42.5 Å². The number of nitrogens with one attached hydrogen (secondary N) is 1. The highest BCUT2D eigenvalue weighted by atomic mass is 16.2. The standard InChI is InChI=1S/C20H18N2O4/c1-13(23)17(11-14-7-3-2-4-8-14)21-18(24)12-22-19(25)15-9-5-6-10-16(15)20(22)26/h2-10,17H,11-12H2,1H3,(H,21,24). The Labute approximate surface area is 150 Å². The number of Topliss-reactive ketones (excluding diaryl/α,β-unsaturated/α-hetero) is 1. The monoisotopic (exact) mass is 350 g/mol. The summed E-state index contributed by atoms with van der Waals surface area (Å²) in [5.74, 6) is -1.73. The molecule has 0 aromatic heterocycles. The van der Waals surface area contributed by atoms with E-state index in [1.807, 2.05) is 30.3 Å². The van der Waals surface area contributed by atoms with Crippen molar-refractivity contribution in [1.29, 1.82) is 0 Å². The molecular formula is C20H18N2O4. The van der Waals surface area contributed by atoms with Gasteiger partial charge in [-0.3, -0.25) is 24.1 Å². The summed E-state index contributed by atoms with van der Waals surface area (Å²) in [6.45, 7) is 0.987. The number of carbonyl (C=O) groups is 4. The smallest absolute Gasteiger partial charge is 0.262 e. The van der Waals surface area contributed by atoms with Gasteiger partial charge in [0, 0.05) is 0 Å². The zero-order chi connectivity index (χ0) is 18.7. The van der Waals surface area contributed by atoms with Crippen LogP contribution in [-0.4, -0.2) is 41.0 Å². The molecule has 132 valence electrons. The molecule has 1 atom stereocenters. The topological polar surface area (TPSA) is 83.6 Å². The quantitative estimate of drug-likeness (QED) is 0.802. The maximum absolute atomic E-state index is 12.3. The zero-order valence-corrected chi connectivity index (χ0v) is 14.3. The van der Waals surface area contributed by atoms with Crippen molar-refractivity contribution in [1.82, 2.24) is 10.2 Å². The molecule has 0 saturated carbocycles. The zero-order valence-electron chi connectivity index (χ0n) is 14.3. The van der Waals surface area contributed by atoms with Crippen molar-refractivity contribution in [2.75, 3.05) is 6.54 Å². The highest BCUT2D eigenvalue weighted by Crippen LogP contribution is 2.21. The van der Waals surface area contributed by atoms with Crippen LogP contribution in [0.1, 0.15) is 33.2 Å². The van der Waals surface area contributed by atoms with E-state index in [0.717, 1.165) is 10.5 Å².